The number of anilines is 3. The van der Waals surface area contributed by atoms with Crippen LogP contribution in [0.4, 0.5) is 56.6 Å². The number of pyridine rings is 9. The molecule has 3 saturated heterocycles. The van der Waals surface area contributed by atoms with E-state index in [0.717, 1.165) is 13.7 Å². The first kappa shape index (κ1) is 98.7. The van der Waals surface area contributed by atoms with Crippen LogP contribution >= 0.6 is 69.6 Å². The molecule has 0 unspecified atom stereocenters. The minimum Gasteiger partial charge on any atom is -0.504 e. The molecule has 3 aliphatic heterocycles. The normalized spacial score (nSPS) is 13.4. The highest BCUT2D eigenvalue weighted by Gasteiger charge is 2.39. The van der Waals surface area contributed by atoms with E-state index in [-0.39, 0.29) is 196 Å². The maximum absolute atomic E-state index is 15.3. The Labute approximate surface area is 792 Å². The van der Waals surface area contributed by atoms with Gasteiger partial charge >= 0.3 is 0 Å². The lowest BCUT2D eigenvalue weighted by atomic mass is 10.0. The van der Waals surface area contributed by atoms with E-state index in [9.17, 15) is 86.2 Å². The van der Waals surface area contributed by atoms with Crippen LogP contribution in [-0.2, 0) is 14.4 Å². The van der Waals surface area contributed by atoms with Crippen molar-refractivity contribution in [3.8, 4) is 86.3 Å². The predicted octanol–water partition coefficient (Wildman–Crippen LogP) is 18.0. The topological polar surface area (TPSA) is 346 Å². The number of phenols is 3. The van der Waals surface area contributed by atoms with Crippen LogP contribution in [-0.4, -0.2) is 170 Å². The van der Waals surface area contributed by atoms with Gasteiger partial charge in [0.2, 0.25) is 17.7 Å². The number of piperazine rings is 3. The molecule has 3 aromatic carbocycles. The van der Waals surface area contributed by atoms with Crippen LogP contribution in [0, 0.1) is 107 Å². The fourth-order valence-corrected chi connectivity index (χ4v) is 17.7. The first-order chi connectivity index (χ1) is 64.0. The third-order valence-corrected chi connectivity index (χ3v) is 24.9. The minimum absolute atomic E-state index is 0.148. The van der Waals surface area contributed by atoms with E-state index in [0.29, 0.717) is 50.8 Å². The van der Waals surface area contributed by atoms with Crippen LogP contribution in [0.5, 0.6) is 17.2 Å². The van der Waals surface area contributed by atoms with Gasteiger partial charge in [0, 0.05) is 113 Å². The molecule has 3 fully saturated rings. The number of benzene rings is 3. The molecule has 3 N–H and O–H groups in total. The first-order valence-electron chi connectivity index (χ1n) is 41.1. The van der Waals surface area contributed by atoms with Crippen molar-refractivity contribution in [1.82, 2.24) is 58.3 Å². The summed E-state index contributed by atoms with van der Waals surface area (Å²) >= 11 is 36.3. The quantitative estimate of drug-likeness (QED) is 0.0371. The van der Waals surface area contributed by atoms with Crippen molar-refractivity contribution in [3.05, 3.63) is 257 Å². The van der Waals surface area contributed by atoms with Gasteiger partial charge in [0.1, 0.15) is 66.9 Å². The van der Waals surface area contributed by atoms with Crippen LogP contribution < -0.4 is 31.4 Å². The Kier molecular flexibility index (Phi) is 28.8. The van der Waals surface area contributed by atoms with Crippen molar-refractivity contribution in [3.63, 3.8) is 0 Å². The van der Waals surface area contributed by atoms with E-state index in [1.54, 1.807) is 87.0 Å². The summed E-state index contributed by atoms with van der Waals surface area (Å²) in [6.07, 6.45) is 8.27. The average molecular weight is 1970 g/mol. The summed E-state index contributed by atoms with van der Waals surface area (Å²) in [5.41, 5.74) is -3.79. The molecular formula is C93H75Cl6F9N18O9. The number of rotatable bonds is 15. The number of carbonyl (C=O) groups excluding carboxylic acids is 3. The lowest BCUT2D eigenvalue weighted by molar-refractivity contribution is -0.127. The number of phenolic OH excluding ortho intramolecular Hbond substituents is 3. The van der Waals surface area contributed by atoms with Crippen LogP contribution in [0.25, 0.3) is 83.9 Å². The molecule has 3 amide bonds. The molecular weight excluding hydrogens is 1900 g/mol. The summed E-state index contributed by atoms with van der Waals surface area (Å²) in [6, 6.07) is 14.8. The second-order valence-electron chi connectivity index (χ2n) is 32.0. The molecule has 9 aromatic heterocycles. The zero-order valence-corrected chi connectivity index (χ0v) is 77.3. The SMILES string of the molecule is C=CC(=O)N1CCN(c2c(C#N)c(=O)n(-c3c(C)ccnc3C(C)C)c3nc(-c4c(O)c(F)c(Cl)c(F)c4F)c(Cl)cc23)CC1.C=CC(=O)N1CCN(c2c(C#N)c(=O)n(-c3c(C)ccnc3C(C)C)c3nc(-c4c(O)c(F)c(Cl)c(F)c4F)c(Cl)cc23)CC1.C=CC(=O)N1CCN(c2c(C#N)c(=O)n(-c3c(C)ccnc3C(C)C)c3nc(-c4c(O)c(F)c(Cl)c(F)c4F)c(Cl)cc23)CC1. The van der Waals surface area contributed by atoms with Gasteiger partial charge in [-0.25, -0.2) is 54.5 Å². The Bertz CT molecular complexity index is 6650. The van der Waals surface area contributed by atoms with Crippen molar-refractivity contribution in [2.45, 2.75) is 80.1 Å². The number of aromatic nitrogens is 9. The molecule has 0 atom stereocenters. The molecule has 0 aliphatic carbocycles. The number of carbonyl (C=O) groups is 3. The highest BCUT2D eigenvalue weighted by molar-refractivity contribution is 6.36. The van der Waals surface area contributed by atoms with Gasteiger partial charge in [-0.3, -0.25) is 57.4 Å². The first-order valence-corrected chi connectivity index (χ1v) is 43.4. The number of hydrogen-bond donors (Lipinski definition) is 3. The zero-order valence-electron chi connectivity index (χ0n) is 72.8. The number of aromatic hydroxyl groups is 3. The van der Waals surface area contributed by atoms with E-state index in [2.05, 4.69) is 49.6 Å². The van der Waals surface area contributed by atoms with E-state index < -0.39 is 135 Å². The molecule has 15 rings (SSSR count). The second kappa shape index (κ2) is 39.4. The standard InChI is InChI=1S/3C31H25Cl2F3N6O3/c3*1-5-19(43)40-8-10-41(11-9-40)28-16-12-18(32)26(20-22(34)23(35)21(33)24(36)29(20)44)39-30(16)42(31(45)17(28)13-37)27-15(4)6-7-38-25(27)14(2)3/h3*5-7,12,14,44H,1,8-11H2,2-4H3. The molecule has 27 nitrogen and oxygen atoms in total. The maximum Gasteiger partial charge on any atom is 0.276 e. The molecule has 42 heteroatoms. The Morgan fingerprint density at radius 3 is 0.800 bits per heavy atom. The lowest BCUT2D eigenvalue weighted by Crippen LogP contribution is -2.49. The fraction of sp³-hybridized carbons (Fsp3) is 0.258. The van der Waals surface area contributed by atoms with E-state index in [1.165, 1.54) is 36.4 Å². The van der Waals surface area contributed by atoms with Crippen molar-refractivity contribution in [1.29, 1.82) is 15.8 Å². The van der Waals surface area contributed by atoms with Crippen molar-refractivity contribution < 1.29 is 69.2 Å². The number of halogens is 15. The highest BCUT2D eigenvalue weighted by atomic mass is 35.5. The Morgan fingerprint density at radius 1 is 0.378 bits per heavy atom. The summed E-state index contributed by atoms with van der Waals surface area (Å²) in [5.74, 6) is -20.8. The summed E-state index contributed by atoms with van der Waals surface area (Å²) in [4.78, 5) is 116. The Morgan fingerprint density at radius 2 is 0.600 bits per heavy atom. The molecule has 0 radical (unpaired) electrons. The van der Waals surface area contributed by atoms with Gasteiger partial charge in [-0.05, 0) is 110 Å². The Balaban J connectivity index is 0.000000171. The molecule has 0 saturated carbocycles. The minimum atomic E-state index is -1.77. The molecule has 135 heavy (non-hydrogen) atoms. The van der Waals surface area contributed by atoms with Crippen molar-refractivity contribution >= 4 is 137 Å². The van der Waals surface area contributed by atoms with E-state index in [1.807, 2.05) is 59.8 Å². The monoisotopic (exact) mass is 1970 g/mol. The number of amides is 3. The summed E-state index contributed by atoms with van der Waals surface area (Å²) < 4.78 is 137. The predicted molar refractivity (Wildman–Crippen MR) is 494 cm³/mol. The largest absolute Gasteiger partial charge is 0.504 e. The smallest absolute Gasteiger partial charge is 0.276 e. The molecule has 0 spiro atoms. The summed E-state index contributed by atoms with van der Waals surface area (Å²) in [7, 11) is 0. The van der Waals surface area contributed by atoms with E-state index >= 15 is 13.2 Å². The van der Waals surface area contributed by atoms with Gasteiger partial charge in [0.25, 0.3) is 16.7 Å². The number of nitriles is 3. The van der Waals surface area contributed by atoms with Gasteiger partial charge in [-0.1, -0.05) is 131 Å². The van der Waals surface area contributed by atoms with Gasteiger partial charge in [0.15, 0.2) is 69.6 Å². The highest BCUT2D eigenvalue weighted by Crippen LogP contribution is 2.49. The number of nitrogens with zero attached hydrogens (tertiary/aromatic N) is 18. The summed E-state index contributed by atoms with van der Waals surface area (Å²) in [5, 5.41) is 58.3. The second-order valence-corrected chi connectivity index (χ2v) is 34.4. The van der Waals surface area contributed by atoms with Gasteiger partial charge in [-0.15, -0.1) is 0 Å². The lowest BCUT2D eigenvalue weighted by Gasteiger charge is -2.36. The van der Waals surface area contributed by atoms with Crippen LogP contribution in [0.1, 0.15) is 110 Å². The van der Waals surface area contributed by atoms with Gasteiger partial charge < -0.3 is 44.7 Å². The van der Waals surface area contributed by atoms with Crippen LogP contribution in [0.2, 0.25) is 30.1 Å². The van der Waals surface area contributed by atoms with Crippen molar-refractivity contribution in [2.24, 2.45) is 0 Å². The number of aryl methyl sites for hydroxylation is 3. The molecule has 0 bridgehead atoms. The molecule has 3 aliphatic rings. The summed E-state index contributed by atoms with van der Waals surface area (Å²) in [6.45, 7) is 29.6. The van der Waals surface area contributed by atoms with Gasteiger partial charge in [0.05, 0.1) is 100 Å². The molecule has 12 aromatic rings. The van der Waals surface area contributed by atoms with E-state index in [4.69, 9.17) is 69.6 Å². The fourth-order valence-electron chi connectivity index (χ4n) is 16.4. The third kappa shape index (κ3) is 17.5. The third-order valence-electron chi connectivity index (χ3n) is 23.0. The Hall–Kier alpha value is -13.8. The average Bonchev–Trinajstić information content (AvgIpc) is 0.728. The molecule has 696 valence electrons. The molecule has 12 heterocycles. The maximum atomic E-state index is 15.3. The number of hydrogen-bond acceptors (Lipinski definition) is 21. The van der Waals surface area contributed by atoms with Crippen molar-refractivity contribution in [2.75, 3.05) is 93.2 Å². The van der Waals surface area contributed by atoms with Gasteiger partial charge in [-0.2, -0.15) is 15.8 Å². The number of fused-ring (bicyclic) bond motifs is 3. The van der Waals surface area contributed by atoms with Crippen LogP contribution in [0.3, 0.4) is 0 Å². The van der Waals surface area contributed by atoms with Crippen LogP contribution in [0.15, 0.2) is 107 Å². The zero-order chi connectivity index (χ0) is 98.7.